The van der Waals surface area contributed by atoms with Gasteiger partial charge >= 0.3 is 0 Å². The molecule has 0 aliphatic carbocycles. The van der Waals surface area contributed by atoms with Crippen LogP contribution in [0.25, 0.3) is 10.9 Å². The second-order valence-corrected chi connectivity index (χ2v) is 5.57. The van der Waals surface area contributed by atoms with Gasteiger partial charge in [-0.1, -0.05) is 17.3 Å². The number of carbonyl (C=O) groups is 1. The summed E-state index contributed by atoms with van der Waals surface area (Å²) in [4.78, 5) is 28.4. The maximum absolute atomic E-state index is 12.3. The Morgan fingerprint density at radius 2 is 2.16 bits per heavy atom. The van der Waals surface area contributed by atoms with Gasteiger partial charge in [0.05, 0.1) is 12.1 Å². The fourth-order valence-corrected chi connectivity index (χ4v) is 2.58. The van der Waals surface area contributed by atoms with Crippen molar-refractivity contribution in [1.29, 1.82) is 0 Å². The molecule has 8 heteroatoms. The van der Waals surface area contributed by atoms with Crippen molar-refractivity contribution in [2.24, 2.45) is 0 Å². The highest BCUT2D eigenvalue weighted by Crippen LogP contribution is 2.12. The lowest BCUT2D eigenvalue weighted by Crippen LogP contribution is -2.29. The summed E-state index contributed by atoms with van der Waals surface area (Å²) in [5.74, 6) is 0.519. The number of carbonyl (C=O) groups excluding carboxylic acids is 1. The van der Waals surface area contributed by atoms with Crippen LogP contribution in [0.15, 0.2) is 39.6 Å². The van der Waals surface area contributed by atoms with E-state index in [0.29, 0.717) is 17.1 Å². The van der Waals surface area contributed by atoms with Gasteiger partial charge in [-0.15, -0.1) is 0 Å². The lowest BCUT2D eigenvalue weighted by atomic mass is 10.2. The molecule has 0 unspecified atom stereocenters. The van der Waals surface area contributed by atoms with Crippen LogP contribution < -0.4 is 10.7 Å². The van der Waals surface area contributed by atoms with Crippen LogP contribution in [0, 0.1) is 6.92 Å². The predicted octanol–water partition coefficient (Wildman–Crippen LogP) is 1.16. The Balaban J connectivity index is 1.72. The van der Waals surface area contributed by atoms with E-state index in [1.54, 1.807) is 23.6 Å². The smallest absolute Gasteiger partial charge is 0.252 e. The molecule has 8 nitrogen and oxygen atoms in total. The fourth-order valence-electron chi connectivity index (χ4n) is 2.58. The van der Waals surface area contributed by atoms with Gasteiger partial charge in [-0.25, -0.2) is 0 Å². The molecule has 1 N–H and O–H groups in total. The molecule has 0 bridgehead atoms. The van der Waals surface area contributed by atoms with E-state index < -0.39 is 0 Å². The molecule has 3 aromatic rings. The average Bonchev–Trinajstić information content (AvgIpc) is 3.05. The molecule has 0 fully saturated rings. The van der Waals surface area contributed by atoms with E-state index in [-0.39, 0.29) is 31.0 Å². The molecule has 0 aliphatic rings. The topological polar surface area (TPSA) is 99.2 Å². The molecule has 3 rings (SSSR count). The number of hydrogen-bond acceptors (Lipinski definition) is 6. The van der Waals surface area contributed by atoms with Crippen LogP contribution in [0.1, 0.15) is 17.4 Å². The maximum Gasteiger partial charge on any atom is 0.252 e. The van der Waals surface area contributed by atoms with Crippen molar-refractivity contribution in [3.63, 3.8) is 0 Å². The molecule has 0 atom stereocenters. The Morgan fingerprint density at radius 3 is 2.96 bits per heavy atom. The third-order valence-electron chi connectivity index (χ3n) is 3.75. The van der Waals surface area contributed by atoms with Gasteiger partial charge in [-0.2, -0.15) is 4.98 Å². The van der Waals surface area contributed by atoms with Crippen molar-refractivity contribution >= 4 is 16.8 Å². The number of benzene rings is 1. The summed E-state index contributed by atoms with van der Waals surface area (Å²) in [5.41, 5.74) is 1.40. The number of rotatable bonds is 6. The van der Waals surface area contributed by atoms with Crippen LogP contribution in [0.2, 0.25) is 0 Å². The first-order valence-corrected chi connectivity index (χ1v) is 7.75. The first-order valence-electron chi connectivity index (χ1n) is 7.75. The summed E-state index contributed by atoms with van der Waals surface area (Å²) in [6.07, 6.45) is 0. The van der Waals surface area contributed by atoms with E-state index in [4.69, 9.17) is 9.26 Å². The first-order chi connectivity index (χ1) is 12.1. The molecule has 130 valence electrons. The second kappa shape index (κ2) is 7.27. The van der Waals surface area contributed by atoms with Gasteiger partial charge in [-0.3, -0.25) is 9.59 Å². The number of ether oxygens (including phenoxy) is 1. The number of aromatic nitrogens is 3. The molecule has 0 radical (unpaired) electrons. The van der Waals surface area contributed by atoms with Gasteiger partial charge in [0.25, 0.3) is 5.89 Å². The van der Waals surface area contributed by atoms with Gasteiger partial charge in [0, 0.05) is 24.3 Å². The van der Waals surface area contributed by atoms with Crippen molar-refractivity contribution < 1.29 is 14.1 Å². The lowest BCUT2D eigenvalue weighted by Gasteiger charge is -2.14. The molecular weight excluding hydrogens is 324 g/mol. The van der Waals surface area contributed by atoms with Crippen LogP contribution in [-0.4, -0.2) is 27.7 Å². The second-order valence-electron chi connectivity index (χ2n) is 5.57. The van der Waals surface area contributed by atoms with Gasteiger partial charge in [0.2, 0.25) is 5.91 Å². The summed E-state index contributed by atoms with van der Waals surface area (Å²) in [7, 11) is 1.53. The van der Waals surface area contributed by atoms with Crippen molar-refractivity contribution in [2.45, 2.75) is 26.6 Å². The molecule has 0 saturated heterocycles. The van der Waals surface area contributed by atoms with Crippen LogP contribution >= 0.6 is 0 Å². The molecule has 0 saturated carbocycles. The number of pyridine rings is 1. The third kappa shape index (κ3) is 3.74. The van der Waals surface area contributed by atoms with E-state index in [9.17, 15) is 9.59 Å². The molecule has 1 aromatic carbocycles. The number of fused-ring (bicyclic) bond motifs is 1. The Kier molecular flexibility index (Phi) is 4.90. The van der Waals surface area contributed by atoms with E-state index in [2.05, 4.69) is 15.5 Å². The number of nitrogens with zero attached hydrogens (tertiary/aromatic N) is 3. The van der Waals surface area contributed by atoms with Gasteiger partial charge < -0.3 is 19.1 Å². The Labute approximate surface area is 143 Å². The highest BCUT2D eigenvalue weighted by atomic mass is 16.5. The largest absolute Gasteiger partial charge is 0.375 e. The zero-order valence-corrected chi connectivity index (χ0v) is 14.0. The molecule has 25 heavy (non-hydrogen) atoms. The Bertz CT molecular complexity index is 961. The number of hydrogen-bond donors (Lipinski definition) is 1. The van der Waals surface area contributed by atoms with Gasteiger partial charge in [0.1, 0.15) is 13.2 Å². The number of amides is 1. The van der Waals surface area contributed by atoms with Gasteiger partial charge in [0.15, 0.2) is 11.3 Å². The fraction of sp³-hybridized carbons (Fsp3) is 0.294. The Hall–Kier alpha value is -3.00. The molecule has 0 aliphatic heterocycles. The number of aryl methyl sites for hydroxylation is 1. The SMILES string of the molecule is COCc1nc(CNC(=O)Cn2c(C)cc(=O)c3ccccc32)no1. The quantitative estimate of drug-likeness (QED) is 0.721. The van der Waals surface area contributed by atoms with Crippen molar-refractivity contribution in [3.05, 3.63) is 58.0 Å². The van der Waals surface area contributed by atoms with Crippen LogP contribution in [0.4, 0.5) is 0 Å². The molecule has 1 amide bonds. The number of methoxy groups -OCH3 is 1. The number of para-hydroxylation sites is 1. The summed E-state index contributed by atoms with van der Waals surface area (Å²) in [6.45, 7) is 2.28. The third-order valence-corrected chi connectivity index (χ3v) is 3.75. The summed E-state index contributed by atoms with van der Waals surface area (Å²) in [6, 6.07) is 8.75. The van der Waals surface area contributed by atoms with E-state index in [1.807, 2.05) is 12.1 Å². The van der Waals surface area contributed by atoms with Gasteiger partial charge in [-0.05, 0) is 19.1 Å². The normalized spacial score (nSPS) is 11.0. The van der Waals surface area contributed by atoms with E-state index in [1.165, 1.54) is 13.2 Å². The molecule has 2 aromatic heterocycles. The summed E-state index contributed by atoms with van der Waals surface area (Å²) in [5, 5.41) is 7.10. The minimum atomic E-state index is -0.213. The monoisotopic (exact) mass is 342 g/mol. The number of nitrogens with one attached hydrogen (secondary N) is 1. The zero-order valence-electron chi connectivity index (χ0n) is 14.0. The lowest BCUT2D eigenvalue weighted by molar-refractivity contribution is -0.121. The summed E-state index contributed by atoms with van der Waals surface area (Å²) >= 11 is 0. The predicted molar refractivity (Wildman–Crippen MR) is 89.8 cm³/mol. The minimum absolute atomic E-state index is 0.0535. The van der Waals surface area contributed by atoms with Crippen LogP contribution in [-0.2, 0) is 29.2 Å². The highest BCUT2D eigenvalue weighted by Gasteiger charge is 2.11. The molecular formula is C17H18N4O4. The minimum Gasteiger partial charge on any atom is -0.375 e. The zero-order chi connectivity index (χ0) is 17.8. The van der Waals surface area contributed by atoms with E-state index in [0.717, 1.165) is 11.2 Å². The summed E-state index contributed by atoms with van der Waals surface area (Å²) < 4.78 is 11.7. The van der Waals surface area contributed by atoms with Crippen molar-refractivity contribution in [2.75, 3.05) is 7.11 Å². The van der Waals surface area contributed by atoms with Crippen molar-refractivity contribution in [1.82, 2.24) is 20.0 Å². The highest BCUT2D eigenvalue weighted by molar-refractivity contribution is 5.82. The van der Waals surface area contributed by atoms with E-state index >= 15 is 0 Å². The standard InChI is InChI=1S/C17H18N4O4/c1-11-7-14(22)12-5-3-4-6-13(12)21(11)9-16(23)18-8-15-19-17(10-24-2)25-20-15/h3-7H,8-10H2,1-2H3,(H,18,23). The first kappa shape index (κ1) is 16.8. The molecule has 2 heterocycles. The molecule has 0 spiro atoms. The average molecular weight is 342 g/mol. The van der Waals surface area contributed by atoms with Crippen LogP contribution in [0.3, 0.4) is 0 Å². The maximum atomic E-state index is 12.3. The van der Waals surface area contributed by atoms with Crippen LogP contribution in [0.5, 0.6) is 0 Å². The Morgan fingerprint density at radius 1 is 1.36 bits per heavy atom. The van der Waals surface area contributed by atoms with Crippen molar-refractivity contribution in [3.8, 4) is 0 Å².